The van der Waals surface area contributed by atoms with Gasteiger partial charge in [-0.1, -0.05) is 6.92 Å². The molecule has 2 rings (SSSR count). The average molecular weight is 274 g/mol. The van der Waals surface area contributed by atoms with Crippen molar-refractivity contribution in [2.24, 2.45) is 0 Å². The van der Waals surface area contributed by atoms with Crippen molar-refractivity contribution in [3.8, 4) is 0 Å². The first-order valence-corrected chi connectivity index (χ1v) is 6.99. The van der Waals surface area contributed by atoms with Crippen LogP contribution in [-0.2, 0) is 13.0 Å². The van der Waals surface area contributed by atoms with Gasteiger partial charge in [-0.15, -0.1) is 0 Å². The summed E-state index contributed by atoms with van der Waals surface area (Å²) in [6.45, 7) is 7.69. The molecule has 2 aromatic rings. The molecule has 0 radical (unpaired) electrons. The Bertz CT molecular complexity index is 565. The Morgan fingerprint density at radius 2 is 2.05 bits per heavy atom. The van der Waals surface area contributed by atoms with E-state index in [4.69, 9.17) is 4.42 Å². The van der Waals surface area contributed by atoms with Crippen LogP contribution in [0.5, 0.6) is 0 Å². The van der Waals surface area contributed by atoms with Crippen LogP contribution in [0.3, 0.4) is 0 Å². The van der Waals surface area contributed by atoms with Crippen LogP contribution in [0.4, 0.5) is 11.6 Å². The second-order valence-corrected chi connectivity index (χ2v) is 4.78. The number of hydrogen-bond donors (Lipinski definition) is 1. The van der Waals surface area contributed by atoms with Crippen LogP contribution in [0.25, 0.3) is 0 Å². The zero-order valence-corrected chi connectivity index (χ0v) is 12.6. The van der Waals surface area contributed by atoms with Gasteiger partial charge in [0.15, 0.2) is 0 Å². The van der Waals surface area contributed by atoms with Gasteiger partial charge in [0.05, 0.1) is 6.54 Å². The monoisotopic (exact) mass is 274 g/mol. The Morgan fingerprint density at radius 1 is 1.25 bits per heavy atom. The van der Waals surface area contributed by atoms with E-state index < -0.39 is 0 Å². The highest BCUT2D eigenvalue weighted by Crippen LogP contribution is 2.24. The summed E-state index contributed by atoms with van der Waals surface area (Å²) in [4.78, 5) is 10.8. The first-order chi connectivity index (χ1) is 9.65. The lowest BCUT2D eigenvalue weighted by Crippen LogP contribution is -2.20. The number of rotatable bonds is 6. The Morgan fingerprint density at radius 3 is 2.65 bits per heavy atom. The Hall–Kier alpha value is -2.04. The highest BCUT2D eigenvalue weighted by atomic mass is 16.3. The van der Waals surface area contributed by atoms with Gasteiger partial charge in [-0.05, 0) is 32.4 Å². The molecule has 0 aliphatic heterocycles. The molecule has 0 bridgehead atoms. The van der Waals surface area contributed by atoms with Crippen LogP contribution in [0.15, 0.2) is 22.9 Å². The van der Waals surface area contributed by atoms with Gasteiger partial charge in [-0.2, -0.15) is 0 Å². The molecule has 2 aromatic heterocycles. The SMILES string of the molecule is CCNc1ncnc(N(C)Cc2ccc(C)o2)c1CC. The number of furan rings is 1. The van der Waals surface area contributed by atoms with Crippen molar-refractivity contribution in [3.63, 3.8) is 0 Å². The van der Waals surface area contributed by atoms with Crippen LogP contribution in [-0.4, -0.2) is 23.6 Å². The number of nitrogens with one attached hydrogen (secondary N) is 1. The Balaban J connectivity index is 2.24. The third-order valence-electron chi connectivity index (χ3n) is 3.17. The molecule has 0 unspecified atom stereocenters. The minimum atomic E-state index is 0.698. The van der Waals surface area contributed by atoms with Crippen LogP contribution >= 0.6 is 0 Å². The summed E-state index contributed by atoms with van der Waals surface area (Å²) < 4.78 is 5.63. The molecule has 2 heterocycles. The largest absolute Gasteiger partial charge is 0.464 e. The van der Waals surface area contributed by atoms with E-state index in [1.165, 1.54) is 0 Å². The zero-order valence-electron chi connectivity index (χ0n) is 12.6. The van der Waals surface area contributed by atoms with Crippen molar-refractivity contribution in [1.82, 2.24) is 9.97 Å². The van der Waals surface area contributed by atoms with E-state index >= 15 is 0 Å². The quantitative estimate of drug-likeness (QED) is 0.877. The van der Waals surface area contributed by atoms with E-state index in [9.17, 15) is 0 Å². The molecule has 0 aromatic carbocycles. The summed E-state index contributed by atoms with van der Waals surface area (Å²) >= 11 is 0. The predicted octanol–water partition coefficient (Wildman–Crippen LogP) is 3.01. The van der Waals surface area contributed by atoms with E-state index in [1.807, 2.05) is 26.1 Å². The summed E-state index contributed by atoms with van der Waals surface area (Å²) in [5.41, 5.74) is 1.14. The van der Waals surface area contributed by atoms with Gasteiger partial charge in [-0.25, -0.2) is 9.97 Å². The number of aryl methyl sites for hydroxylation is 1. The highest BCUT2D eigenvalue weighted by molar-refractivity contribution is 5.58. The van der Waals surface area contributed by atoms with Crippen LogP contribution in [0.1, 0.15) is 30.9 Å². The van der Waals surface area contributed by atoms with E-state index in [-0.39, 0.29) is 0 Å². The fourth-order valence-corrected chi connectivity index (χ4v) is 2.26. The third kappa shape index (κ3) is 3.10. The summed E-state index contributed by atoms with van der Waals surface area (Å²) in [6.07, 6.45) is 2.50. The molecule has 1 N–H and O–H groups in total. The van der Waals surface area contributed by atoms with Crippen LogP contribution in [0.2, 0.25) is 0 Å². The molecule has 0 saturated carbocycles. The molecule has 0 saturated heterocycles. The lowest BCUT2D eigenvalue weighted by Gasteiger charge is -2.21. The molecule has 20 heavy (non-hydrogen) atoms. The topological polar surface area (TPSA) is 54.2 Å². The van der Waals surface area contributed by atoms with Crippen molar-refractivity contribution < 1.29 is 4.42 Å². The fourth-order valence-electron chi connectivity index (χ4n) is 2.26. The predicted molar refractivity (Wildman–Crippen MR) is 81.1 cm³/mol. The van der Waals surface area contributed by atoms with Crippen molar-refractivity contribution in [2.75, 3.05) is 23.8 Å². The van der Waals surface area contributed by atoms with Crippen LogP contribution in [0, 0.1) is 6.92 Å². The Labute approximate surface area is 120 Å². The molecule has 0 aliphatic rings. The molecular weight excluding hydrogens is 252 g/mol. The smallest absolute Gasteiger partial charge is 0.137 e. The maximum Gasteiger partial charge on any atom is 0.137 e. The fraction of sp³-hybridized carbons (Fsp3) is 0.467. The van der Waals surface area contributed by atoms with Gasteiger partial charge in [0, 0.05) is 19.2 Å². The van der Waals surface area contributed by atoms with E-state index in [0.29, 0.717) is 6.54 Å². The molecule has 0 aliphatic carbocycles. The first kappa shape index (κ1) is 14.4. The number of hydrogen-bond acceptors (Lipinski definition) is 5. The molecule has 5 heteroatoms. The summed E-state index contributed by atoms with van der Waals surface area (Å²) in [5.74, 6) is 3.74. The minimum absolute atomic E-state index is 0.698. The van der Waals surface area contributed by atoms with Gasteiger partial charge in [0.1, 0.15) is 29.5 Å². The van der Waals surface area contributed by atoms with E-state index in [2.05, 4.69) is 34.0 Å². The van der Waals surface area contributed by atoms with Crippen molar-refractivity contribution in [1.29, 1.82) is 0 Å². The molecule has 108 valence electrons. The lowest BCUT2D eigenvalue weighted by molar-refractivity contribution is 0.481. The van der Waals surface area contributed by atoms with Gasteiger partial charge in [0.2, 0.25) is 0 Å². The maximum atomic E-state index is 5.63. The van der Waals surface area contributed by atoms with E-state index in [0.717, 1.165) is 41.7 Å². The highest BCUT2D eigenvalue weighted by Gasteiger charge is 2.14. The van der Waals surface area contributed by atoms with Gasteiger partial charge in [0.25, 0.3) is 0 Å². The zero-order chi connectivity index (χ0) is 14.5. The summed E-state index contributed by atoms with van der Waals surface area (Å²) in [7, 11) is 2.02. The molecule has 0 spiro atoms. The third-order valence-corrected chi connectivity index (χ3v) is 3.17. The molecule has 5 nitrogen and oxygen atoms in total. The standard InChI is InChI=1S/C15H22N4O/c1-5-13-14(16-6-2)17-10-18-15(13)19(4)9-12-8-7-11(3)20-12/h7-8,10H,5-6,9H2,1-4H3,(H,16,17,18). The van der Waals surface area contributed by atoms with Crippen molar-refractivity contribution >= 4 is 11.6 Å². The Kier molecular flexibility index (Phi) is 4.61. The summed E-state index contributed by atoms with van der Waals surface area (Å²) in [6, 6.07) is 3.98. The normalized spacial score (nSPS) is 10.6. The number of aromatic nitrogens is 2. The van der Waals surface area contributed by atoms with Gasteiger partial charge < -0.3 is 14.6 Å². The first-order valence-electron chi connectivity index (χ1n) is 6.99. The van der Waals surface area contributed by atoms with Gasteiger partial charge in [-0.3, -0.25) is 0 Å². The molecule has 0 fully saturated rings. The second-order valence-electron chi connectivity index (χ2n) is 4.78. The van der Waals surface area contributed by atoms with E-state index in [1.54, 1.807) is 6.33 Å². The summed E-state index contributed by atoms with van der Waals surface area (Å²) in [5, 5.41) is 3.29. The van der Waals surface area contributed by atoms with Crippen molar-refractivity contribution in [2.45, 2.75) is 33.7 Å². The maximum absolute atomic E-state index is 5.63. The number of nitrogens with zero attached hydrogens (tertiary/aromatic N) is 3. The average Bonchev–Trinajstić information content (AvgIpc) is 2.84. The second kappa shape index (κ2) is 6.41. The molecule has 0 amide bonds. The lowest BCUT2D eigenvalue weighted by atomic mass is 10.2. The molecule has 0 atom stereocenters. The van der Waals surface area contributed by atoms with Crippen LogP contribution < -0.4 is 10.2 Å². The molecular formula is C15H22N4O. The van der Waals surface area contributed by atoms with Crippen molar-refractivity contribution in [3.05, 3.63) is 35.5 Å². The minimum Gasteiger partial charge on any atom is -0.464 e. The number of anilines is 2. The van der Waals surface area contributed by atoms with Gasteiger partial charge >= 0.3 is 0 Å².